The topological polar surface area (TPSA) is 63.2 Å². The summed E-state index contributed by atoms with van der Waals surface area (Å²) in [6.45, 7) is 1.81. The molecule has 1 unspecified atom stereocenters. The highest BCUT2D eigenvalue weighted by Crippen LogP contribution is 2.32. The Kier molecular flexibility index (Phi) is 4.83. The lowest BCUT2D eigenvalue weighted by molar-refractivity contribution is 0.602. The van der Waals surface area contributed by atoms with Crippen molar-refractivity contribution in [1.82, 2.24) is 9.97 Å². The molecule has 5 nitrogen and oxygen atoms in total. The number of rotatable bonds is 3. The van der Waals surface area contributed by atoms with Gasteiger partial charge in [-0.15, -0.1) is 0 Å². The summed E-state index contributed by atoms with van der Waals surface area (Å²) in [6, 6.07) is 15.8. The van der Waals surface area contributed by atoms with Crippen LogP contribution in [0.1, 0.15) is 30.7 Å². The fourth-order valence-electron chi connectivity index (χ4n) is 3.87. The molecule has 0 saturated carbocycles. The van der Waals surface area contributed by atoms with Crippen molar-refractivity contribution in [3.05, 3.63) is 60.4 Å². The van der Waals surface area contributed by atoms with Gasteiger partial charge in [-0.2, -0.15) is 0 Å². The Morgan fingerprint density at radius 2 is 1.81 bits per heavy atom. The predicted molar refractivity (Wildman–Crippen MR) is 108 cm³/mol. The molecule has 1 aliphatic rings. The highest BCUT2D eigenvalue weighted by molar-refractivity contribution is 7.90. The van der Waals surface area contributed by atoms with Crippen LogP contribution >= 0.6 is 0 Å². The third kappa shape index (κ3) is 3.81. The van der Waals surface area contributed by atoms with Gasteiger partial charge in [0.15, 0.2) is 9.84 Å². The summed E-state index contributed by atoms with van der Waals surface area (Å²) in [5, 5.41) is 0.804. The van der Waals surface area contributed by atoms with Crippen LogP contribution in [-0.4, -0.2) is 37.7 Å². The minimum Gasteiger partial charge on any atom is -0.356 e. The average Bonchev–Trinajstić information content (AvgIpc) is 2.93. The molecule has 1 aliphatic heterocycles. The number of sulfone groups is 1. The second kappa shape index (κ2) is 7.27. The van der Waals surface area contributed by atoms with E-state index >= 15 is 0 Å². The van der Waals surface area contributed by atoms with Crippen molar-refractivity contribution in [2.45, 2.75) is 30.1 Å². The predicted octanol–water partition coefficient (Wildman–Crippen LogP) is 3.81. The molecule has 1 saturated heterocycles. The molecule has 4 rings (SSSR count). The first-order chi connectivity index (χ1) is 13.0. The van der Waals surface area contributed by atoms with Crippen LogP contribution in [0, 0.1) is 0 Å². The molecular weight excluding hydrogens is 358 g/mol. The van der Waals surface area contributed by atoms with E-state index in [9.17, 15) is 8.42 Å². The molecule has 0 N–H and O–H groups in total. The van der Waals surface area contributed by atoms with E-state index in [1.54, 1.807) is 24.5 Å². The summed E-state index contributed by atoms with van der Waals surface area (Å²) in [5.74, 6) is 1.38. The molecule has 2 heterocycles. The molecule has 6 heteroatoms. The molecule has 1 fully saturated rings. The Hall–Kier alpha value is -2.47. The maximum absolute atomic E-state index is 12.0. The van der Waals surface area contributed by atoms with E-state index in [4.69, 9.17) is 0 Å². The molecule has 1 atom stereocenters. The Morgan fingerprint density at radius 1 is 1.00 bits per heavy atom. The molecule has 0 amide bonds. The van der Waals surface area contributed by atoms with Gasteiger partial charge in [-0.1, -0.05) is 30.3 Å². The van der Waals surface area contributed by atoms with Gasteiger partial charge in [0.2, 0.25) is 0 Å². The Morgan fingerprint density at radius 3 is 2.59 bits per heavy atom. The van der Waals surface area contributed by atoms with Gasteiger partial charge in [0.1, 0.15) is 12.1 Å². The lowest BCUT2D eigenvalue weighted by Gasteiger charge is -2.23. The fraction of sp³-hybridized carbons (Fsp3) is 0.333. The Labute approximate surface area is 160 Å². The number of benzene rings is 2. The number of hydrogen-bond acceptors (Lipinski definition) is 5. The quantitative estimate of drug-likeness (QED) is 0.690. The van der Waals surface area contributed by atoms with Crippen LogP contribution in [0.4, 0.5) is 5.82 Å². The monoisotopic (exact) mass is 381 g/mol. The molecule has 3 aromatic rings. The van der Waals surface area contributed by atoms with E-state index in [1.165, 1.54) is 11.8 Å². The van der Waals surface area contributed by atoms with E-state index in [0.29, 0.717) is 10.8 Å². The van der Waals surface area contributed by atoms with Crippen molar-refractivity contribution in [3.63, 3.8) is 0 Å². The summed E-state index contributed by atoms with van der Waals surface area (Å²) in [7, 11) is -3.27. The van der Waals surface area contributed by atoms with Gasteiger partial charge in [0.25, 0.3) is 0 Å². The number of hydrogen-bond donors (Lipinski definition) is 0. The molecule has 140 valence electrons. The largest absolute Gasteiger partial charge is 0.356 e. The number of fused-ring (bicyclic) bond motifs is 1. The van der Waals surface area contributed by atoms with E-state index in [0.717, 1.165) is 49.1 Å². The maximum atomic E-state index is 12.0. The summed E-state index contributed by atoms with van der Waals surface area (Å²) in [4.78, 5) is 11.4. The van der Waals surface area contributed by atoms with Crippen molar-refractivity contribution in [2.24, 2.45) is 0 Å². The highest BCUT2D eigenvalue weighted by atomic mass is 32.2. The lowest BCUT2D eigenvalue weighted by Crippen LogP contribution is -2.25. The van der Waals surface area contributed by atoms with Crippen LogP contribution < -0.4 is 4.90 Å². The van der Waals surface area contributed by atoms with Crippen molar-refractivity contribution < 1.29 is 8.42 Å². The van der Waals surface area contributed by atoms with Crippen LogP contribution in [-0.2, 0) is 9.84 Å². The van der Waals surface area contributed by atoms with Crippen molar-refractivity contribution in [2.75, 3.05) is 24.2 Å². The first-order valence-electron chi connectivity index (χ1n) is 9.27. The van der Waals surface area contributed by atoms with E-state index in [-0.39, 0.29) is 0 Å². The molecule has 0 bridgehead atoms. The third-order valence-corrected chi connectivity index (χ3v) is 6.42. The first kappa shape index (κ1) is 17.9. The molecule has 0 aliphatic carbocycles. The maximum Gasteiger partial charge on any atom is 0.175 e. The van der Waals surface area contributed by atoms with Gasteiger partial charge >= 0.3 is 0 Å². The van der Waals surface area contributed by atoms with E-state index < -0.39 is 9.84 Å². The number of anilines is 1. The van der Waals surface area contributed by atoms with Gasteiger partial charge in [-0.25, -0.2) is 18.4 Å². The molecule has 1 aromatic heterocycles. The van der Waals surface area contributed by atoms with Gasteiger partial charge in [0, 0.05) is 24.7 Å². The Bertz CT molecular complexity index is 1050. The molecule has 27 heavy (non-hydrogen) atoms. The molecular formula is C21H23N3O2S. The minimum absolute atomic E-state index is 0.308. The summed E-state index contributed by atoms with van der Waals surface area (Å²) < 4.78 is 23.9. The summed E-state index contributed by atoms with van der Waals surface area (Å²) >= 11 is 0. The van der Waals surface area contributed by atoms with E-state index in [2.05, 4.69) is 45.2 Å². The van der Waals surface area contributed by atoms with Crippen LogP contribution in [0.3, 0.4) is 0 Å². The average molecular weight is 382 g/mol. The fourth-order valence-corrected chi connectivity index (χ4v) is 4.52. The van der Waals surface area contributed by atoms with Crippen molar-refractivity contribution >= 4 is 26.6 Å². The van der Waals surface area contributed by atoms with Crippen molar-refractivity contribution in [3.8, 4) is 0 Å². The smallest absolute Gasteiger partial charge is 0.175 e. The second-order valence-electron chi connectivity index (χ2n) is 7.17. The van der Waals surface area contributed by atoms with Crippen LogP contribution in [0.5, 0.6) is 0 Å². The van der Waals surface area contributed by atoms with Crippen LogP contribution in [0.15, 0.2) is 59.8 Å². The highest BCUT2D eigenvalue weighted by Gasteiger charge is 2.21. The van der Waals surface area contributed by atoms with Crippen molar-refractivity contribution in [1.29, 1.82) is 0 Å². The van der Waals surface area contributed by atoms with Gasteiger partial charge in [0.05, 0.1) is 10.4 Å². The normalized spacial score (nSPS) is 18.4. The minimum atomic E-state index is -3.27. The van der Waals surface area contributed by atoms with Gasteiger partial charge in [-0.05, 0) is 48.9 Å². The van der Waals surface area contributed by atoms with Gasteiger partial charge in [-0.3, -0.25) is 0 Å². The standard InChI is InChI=1S/C21H23N3O2S/c1-27(25,26)18-9-10-20-19(14-18)21(23-15-22-20)24-12-5-8-17(11-13-24)16-6-3-2-4-7-16/h2-4,6-7,9-10,14-15,17H,5,8,11-13H2,1H3. The van der Waals surface area contributed by atoms with Crippen LogP contribution in [0.2, 0.25) is 0 Å². The summed E-state index contributed by atoms with van der Waals surface area (Å²) in [6.07, 6.45) is 6.08. The van der Waals surface area contributed by atoms with E-state index in [1.807, 2.05) is 0 Å². The zero-order valence-corrected chi connectivity index (χ0v) is 16.2. The molecule has 0 radical (unpaired) electrons. The number of aromatic nitrogens is 2. The zero-order valence-electron chi connectivity index (χ0n) is 15.4. The molecule has 0 spiro atoms. The Balaban J connectivity index is 1.66. The second-order valence-corrected chi connectivity index (χ2v) is 9.19. The molecule has 2 aromatic carbocycles. The third-order valence-electron chi connectivity index (χ3n) is 5.31. The lowest BCUT2D eigenvalue weighted by atomic mass is 9.92. The SMILES string of the molecule is CS(=O)(=O)c1ccc2ncnc(N3CCCC(c4ccccc4)CC3)c2c1. The number of nitrogens with zero attached hydrogens (tertiary/aromatic N) is 3. The first-order valence-corrected chi connectivity index (χ1v) is 11.2. The summed E-state index contributed by atoms with van der Waals surface area (Å²) in [5.41, 5.74) is 2.17. The van der Waals surface area contributed by atoms with Crippen LogP contribution in [0.25, 0.3) is 10.9 Å². The van der Waals surface area contributed by atoms with Gasteiger partial charge < -0.3 is 4.90 Å². The zero-order chi connectivity index (χ0) is 18.9.